The summed E-state index contributed by atoms with van der Waals surface area (Å²) in [5, 5.41) is 0. The van der Waals surface area contributed by atoms with Crippen molar-refractivity contribution in [3.63, 3.8) is 0 Å². The quantitative estimate of drug-likeness (QED) is 0.845. The molecule has 0 aliphatic carbocycles. The van der Waals surface area contributed by atoms with E-state index in [0.29, 0.717) is 44.9 Å². The molecule has 6 nitrogen and oxygen atoms in total. The Bertz CT molecular complexity index is 817. The molecule has 0 unspecified atom stereocenters. The third kappa shape index (κ3) is 3.59. The molecule has 1 aromatic carbocycles. The van der Waals surface area contributed by atoms with Crippen molar-refractivity contribution in [3.05, 3.63) is 29.6 Å². The molecule has 2 amide bonds. The Morgan fingerprint density at radius 2 is 1.69 bits per heavy atom. The Morgan fingerprint density at radius 1 is 1.08 bits per heavy atom. The fraction of sp³-hybridized carbons (Fsp3) is 0.550. The van der Waals surface area contributed by atoms with E-state index < -0.39 is 0 Å². The summed E-state index contributed by atoms with van der Waals surface area (Å²) in [5.74, 6) is 1.70. The molecule has 1 fully saturated rings. The summed E-state index contributed by atoms with van der Waals surface area (Å²) < 4.78 is 2.12. The number of aromatic nitrogens is 2. The molecule has 0 atom stereocenters. The van der Waals surface area contributed by atoms with E-state index in [1.165, 1.54) is 0 Å². The number of imidazole rings is 1. The van der Waals surface area contributed by atoms with Gasteiger partial charge < -0.3 is 14.4 Å². The van der Waals surface area contributed by atoms with E-state index in [1.54, 1.807) is 0 Å². The second-order valence-electron chi connectivity index (χ2n) is 7.30. The lowest BCUT2D eigenvalue weighted by Gasteiger charge is -2.34. The van der Waals surface area contributed by atoms with Crippen LogP contribution in [0.2, 0.25) is 0 Å². The van der Waals surface area contributed by atoms with Crippen molar-refractivity contribution in [2.75, 3.05) is 26.2 Å². The van der Waals surface area contributed by atoms with Crippen molar-refractivity contribution in [3.8, 4) is 0 Å². The zero-order valence-corrected chi connectivity index (χ0v) is 16.2. The van der Waals surface area contributed by atoms with Crippen molar-refractivity contribution in [1.29, 1.82) is 0 Å². The van der Waals surface area contributed by atoms with Crippen molar-refractivity contribution < 1.29 is 9.59 Å². The van der Waals surface area contributed by atoms with Crippen LogP contribution in [0.3, 0.4) is 0 Å². The van der Waals surface area contributed by atoms with E-state index in [9.17, 15) is 9.59 Å². The number of hydrogen-bond donors (Lipinski definition) is 0. The van der Waals surface area contributed by atoms with E-state index in [4.69, 9.17) is 4.98 Å². The minimum Gasteiger partial charge on any atom is -0.339 e. The number of hydrogen-bond acceptors (Lipinski definition) is 3. The molecule has 1 aromatic heterocycles. The summed E-state index contributed by atoms with van der Waals surface area (Å²) in [6, 6.07) is 6.09. The number of piperazine rings is 1. The van der Waals surface area contributed by atoms with E-state index in [1.807, 2.05) is 35.9 Å². The lowest BCUT2D eigenvalue weighted by molar-refractivity contribution is -0.139. The van der Waals surface area contributed by atoms with Crippen LogP contribution in [0.1, 0.15) is 44.5 Å². The summed E-state index contributed by atoms with van der Waals surface area (Å²) in [4.78, 5) is 32.8. The molecule has 140 valence electrons. The van der Waals surface area contributed by atoms with Gasteiger partial charge in [-0.15, -0.1) is 0 Å². The second kappa shape index (κ2) is 7.48. The van der Waals surface area contributed by atoms with Gasteiger partial charge >= 0.3 is 0 Å². The molecule has 2 aromatic rings. The highest BCUT2D eigenvalue weighted by Gasteiger charge is 2.23. The smallest absolute Gasteiger partial charge is 0.227 e. The zero-order valence-electron chi connectivity index (χ0n) is 16.2. The molecular weight excluding hydrogens is 328 g/mol. The summed E-state index contributed by atoms with van der Waals surface area (Å²) in [6.45, 7) is 8.65. The minimum atomic E-state index is 0.118. The third-order valence-corrected chi connectivity index (χ3v) is 5.14. The van der Waals surface area contributed by atoms with Crippen molar-refractivity contribution in [1.82, 2.24) is 19.4 Å². The summed E-state index contributed by atoms with van der Waals surface area (Å²) in [6.07, 6.45) is 0.904. The Morgan fingerprint density at radius 3 is 2.27 bits per heavy atom. The van der Waals surface area contributed by atoms with E-state index >= 15 is 0 Å². The van der Waals surface area contributed by atoms with Gasteiger partial charge in [0.25, 0.3) is 0 Å². The minimum absolute atomic E-state index is 0.118. The predicted octanol–water partition coefficient (Wildman–Crippen LogP) is 2.32. The molecule has 0 radical (unpaired) electrons. The standard InChI is InChI=1S/C20H28N4O2/c1-5-18(25)23-8-10-24(11-9-23)19(26)13-15-6-7-17-16(12-15)21-20(14(2)3)22(17)4/h6-7,12,14H,5,8-11,13H2,1-4H3. The Balaban J connectivity index is 1.67. The number of amides is 2. The molecular formula is C20H28N4O2. The Hall–Kier alpha value is -2.37. The lowest BCUT2D eigenvalue weighted by Crippen LogP contribution is -2.50. The van der Waals surface area contributed by atoms with Crippen LogP contribution in [-0.2, 0) is 23.1 Å². The molecule has 1 aliphatic heterocycles. The van der Waals surface area contributed by atoms with Crippen LogP contribution < -0.4 is 0 Å². The van der Waals surface area contributed by atoms with Crippen LogP contribution in [0, 0.1) is 0 Å². The first-order valence-corrected chi connectivity index (χ1v) is 9.41. The number of benzene rings is 1. The maximum Gasteiger partial charge on any atom is 0.227 e. The van der Waals surface area contributed by atoms with Crippen LogP contribution in [0.15, 0.2) is 18.2 Å². The normalized spacial score (nSPS) is 15.1. The molecule has 1 aliphatic rings. The van der Waals surface area contributed by atoms with Gasteiger partial charge in [-0.3, -0.25) is 9.59 Å². The molecule has 6 heteroatoms. The maximum atomic E-state index is 12.6. The van der Waals surface area contributed by atoms with Crippen molar-refractivity contribution in [2.24, 2.45) is 7.05 Å². The molecule has 2 heterocycles. The van der Waals surface area contributed by atoms with Crippen LogP contribution in [0.25, 0.3) is 11.0 Å². The van der Waals surface area contributed by atoms with Crippen LogP contribution in [-0.4, -0.2) is 57.3 Å². The van der Waals surface area contributed by atoms with E-state index in [-0.39, 0.29) is 11.8 Å². The fourth-order valence-corrected chi connectivity index (χ4v) is 3.61. The van der Waals surface area contributed by atoms with Gasteiger partial charge in [-0.05, 0) is 17.7 Å². The molecule has 3 rings (SSSR count). The van der Waals surface area contributed by atoms with Crippen LogP contribution >= 0.6 is 0 Å². The molecule has 26 heavy (non-hydrogen) atoms. The van der Waals surface area contributed by atoms with Crippen LogP contribution in [0.4, 0.5) is 0 Å². The highest BCUT2D eigenvalue weighted by molar-refractivity contribution is 5.82. The van der Waals surface area contributed by atoms with Crippen molar-refractivity contribution >= 4 is 22.8 Å². The van der Waals surface area contributed by atoms with Crippen LogP contribution in [0.5, 0.6) is 0 Å². The Kier molecular flexibility index (Phi) is 5.30. The number of carbonyl (C=O) groups is 2. The average molecular weight is 356 g/mol. The van der Waals surface area contributed by atoms with Gasteiger partial charge in [0.15, 0.2) is 0 Å². The SMILES string of the molecule is CCC(=O)N1CCN(C(=O)Cc2ccc3c(c2)nc(C(C)C)n3C)CC1. The van der Waals surface area contributed by atoms with Gasteiger partial charge in [-0.25, -0.2) is 4.98 Å². The third-order valence-electron chi connectivity index (χ3n) is 5.14. The molecule has 0 N–H and O–H groups in total. The highest BCUT2D eigenvalue weighted by Crippen LogP contribution is 2.22. The number of aryl methyl sites for hydroxylation is 1. The van der Waals surface area contributed by atoms with Gasteiger partial charge in [0, 0.05) is 45.6 Å². The van der Waals surface area contributed by atoms with Crippen molar-refractivity contribution in [2.45, 2.75) is 39.5 Å². The first kappa shape index (κ1) is 18.4. The van der Waals surface area contributed by atoms with Gasteiger partial charge in [0.2, 0.25) is 11.8 Å². The molecule has 0 bridgehead atoms. The van der Waals surface area contributed by atoms with E-state index in [0.717, 1.165) is 22.4 Å². The number of fused-ring (bicyclic) bond motifs is 1. The number of carbonyl (C=O) groups excluding carboxylic acids is 2. The second-order valence-corrected chi connectivity index (χ2v) is 7.30. The van der Waals surface area contributed by atoms with E-state index in [2.05, 4.69) is 24.5 Å². The monoisotopic (exact) mass is 356 g/mol. The van der Waals surface area contributed by atoms with Gasteiger partial charge in [0.1, 0.15) is 5.82 Å². The maximum absolute atomic E-state index is 12.6. The average Bonchev–Trinajstić information content (AvgIpc) is 2.97. The largest absolute Gasteiger partial charge is 0.339 e. The zero-order chi connectivity index (χ0) is 18.8. The van der Waals surface area contributed by atoms with Gasteiger partial charge in [0.05, 0.1) is 17.5 Å². The Labute approximate surface area is 154 Å². The highest BCUT2D eigenvalue weighted by atomic mass is 16.2. The van der Waals surface area contributed by atoms with Gasteiger partial charge in [-0.2, -0.15) is 0 Å². The predicted molar refractivity (Wildman–Crippen MR) is 102 cm³/mol. The molecule has 1 saturated heterocycles. The molecule has 0 spiro atoms. The first-order chi connectivity index (χ1) is 12.4. The summed E-state index contributed by atoms with van der Waals surface area (Å²) >= 11 is 0. The first-order valence-electron chi connectivity index (χ1n) is 9.41. The fourth-order valence-electron chi connectivity index (χ4n) is 3.61. The number of rotatable bonds is 4. The topological polar surface area (TPSA) is 58.4 Å². The number of nitrogens with zero attached hydrogens (tertiary/aromatic N) is 4. The summed E-state index contributed by atoms with van der Waals surface area (Å²) in [7, 11) is 2.03. The lowest BCUT2D eigenvalue weighted by atomic mass is 10.1. The molecule has 0 saturated carbocycles. The summed E-state index contributed by atoms with van der Waals surface area (Å²) in [5.41, 5.74) is 3.03. The van der Waals surface area contributed by atoms with Gasteiger partial charge in [-0.1, -0.05) is 26.8 Å².